The molecule has 0 bridgehead atoms. The molecule has 112 valence electrons. The molecule has 0 aliphatic heterocycles. The predicted octanol–water partition coefficient (Wildman–Crippen LogP) is 4.24. The van der Waals surface area contributed by atoms with Gasteiger partial charge in [0.2, 0.25) is 0 Å². The SMILES string of the molecule is O=[N+]([O-])c1ccc(CSc2nnc3c(Cl)cc(Cl)cn23)cc1. The predicted molar refractivity (Wildman–Crippen MR) is 85.7 cm³/mol. The molecule has 0 atom stereocenters. The third kappa shape index (κ3) is 3.01. The van der Waals surface area contributed by atoms with E-state index < -0.39 is 4.92 Å². The number of thioether (sulfide) groups is 1. The van der Waals surface area contributed by atoms with E-state index in [1.54, 1.807) is 28.8 Å². The fraction of sp³-hybridized carbons (Fsp3) is 0.0769. The number of nitro benzene ring substituents is 1. The van der Waals surface area contributed by atoms with Crippen LogP contribution in [0.25, 0.3) is 5.65 Å². The number of pyridine rings is 1. The minimum atomic E-state index is -0.424. The highest BCUT2D eigenvalue weighted by Crippen LogP contribution is 2.27. The van der Waals surface area contributed by atoms with Crippen molar-refractivity contribution in [1.29, 1.82) is 0 Å². The summed E-state index contributed by atoms with van der Waals surface area (Å²) >= 11 is 13.5. The first-order valence-electron chi connectivity index (χ1n) is 6.10. The molecule has 3 aromatic rings. The largest absolute Gasteiger partial charge is 0.275 e. The molecule has 0 unspecified atom stereocenters. The summed E-state index contributed by atoms with van der Waals surface area (Å²) in [4.78, 5) is 10.2. The monoisotopic (exact) mass is 354 g/mol. The highest BCUT2D eigenvalue weighted by molar-refractivity contribution is 7.98. The Labute approximate surface area is 139 Å². The molecule has 2 aromatic heterocycles. The summed E-state index contributed by atoms with van der Waals surface area (Å²) < 4.78 is 1.72. The van der Waals surface area contributed by atoms with Gasteiger partial charge in [-0.05, 0) is 11.6 Å². The smallest absolute Gasteiger partial charge is 0.269 e. The van der Waals surface area contributed by atoms with E-state index in [4.69, 9.17) is 23.2 Å². The van der Waals surface area contributed by atoms with Crippen LogP contribution in [0.5, 0.6) is 0 Å². The number of nitro groups is 1. The second kappa shape index (κ2) is 6.12. The first-order valence-corrected chi connectivity index (χ1v) is 7.84. The summed E-state index contributed by atoms with van der Waals surface area (Å²) in [5.74, 6) is 0.600. The second-order valence-electron chi connectivity index (χ2n) is 4.39. The first-order chi connectivity index (χ1) is 10.5. The number of fused-ring (bicyclic) bond motifs is 1. The third-order valence-corrected chi connectivity index (χ3v) is 4.41. The zero-order valence-corrected chi connectivity index (χ0v) is 13.3. The molecular formula is C13H8Cl2N4O2S. The van der Waals surface area contributed by atoms with Crippen LogP contribution in [-0.4, -0.2) is 19.5 Å². The number of rotatable bonds is 4. The Bertz CT molecular complexity index is 851. The van der Waals surface area contributed by atoms with Crippen molar-refractivity contribution in [1.82, 2.24) is 14.6 Å². The van der Waals surface area contributed by atoms with Gasteiger partial charge >= 0.3 is 0 Å². The summed E-state index contributed by atoms with van der Waals surface area (Å²) in [7, 11) is 0. The molecule has 3 rings (SSSR count). The number of aromatic nitrogens is 3. The lowest BCUT2D eigenvalue weighted by Gasteiger charge is -2.02. The topological polar surface area (TPSA) is 73.3 Å². The van der Waals surface area contributed by atoms with E-state index in [0.717, 1.165) is 5.56 Å². The number of non-ortho nitro benzene ring substituents is 1. The van der Waals surface area contributed by atoms with Crippen molar-refractivity contribution in [3.63, 3.8) is 0 Å². The number of nitrogens with zero attached hydrogens (tertiary/aromatic N) is 4. The van der Waals surface area contributed by atoms with Crippen LogP contribution in [0.15, 0.2) is 41.7 Å². The molecular weight excluding hydrogens is 347 g/mol. The Morgan fingerprint density at radius 1 is 1.23 bits per heavy atom. The molecule has 9 heteroatoms. The maximum Gasteiger partial charge on any atom is 0.269 e. The standard InChI is InChI=1S/C13H8Cl2N4O2S/c14-9-5-11(15)12-16-17-13(18(12)6-9)22-7-8-1-3-10(4-2-8)19(20)21/h1-6H,7H2. The molecule has 0 aliphatic rings. The Balaban J connectivity index is 1.80. The number of hydrogen-bond donors (Lipinski definition) is 0. The summed E-state index contributed by atoms with van der Waals surface area (Å²) in [6.07, 6.45) is 1.70. The summed E-state index contributed by atoms with van der Waals surface area (Å²) in [6.45, 7) is 0. The first kappa shape index (κ1) is 15.1. The Morgan fingerprint density at radius 2 is 1.95 bits per heavy atom. The summed E-state index contributed by atoms with van der Waals surface area (Å²) in [5, 5.41) is 20.3. The minimum absolute atomic E-state index is 0.0697. The average Bonchev–Trinajstić information content (AvgIpc) is 2.89. The van der Waals surface area contributed by atoms with Crippen molar-refractivity contribution >= 4 is 46.3 Å². The van der Waals surface area contributed by atoms with Crippen LogP contribution in [0, 0.1) is 10.1 Å². The van der Waals surface area contributed by atoms with Crippen LogP contribution < -0.4 is 0 Å². The van der Waals surface area contributed by atoms with E-state index in [-0.39, 0.29) is 5.69 Å². The van der Waals surface area contributed by atoms with Gasteiger partial charge in [-0.15, -0.1) is 10.2 Å². The van der Waals surface area contributed by atoms with Gasteiger partial charge in [-0.2, -0.15) is 0 Å². The minimum Gasteiger partial charge on any atom is -0.275 e. The van der Waals surface area contributed by atoms with Crippen molar-refractivity contribution in [3.8, 4) is 0 Å². The molecule has 0 N–H and O–H groups in total. The molecule has 22 heavy (non-hydrogen) atoms. The molecule has 6 nitrogen and oxygen atoms in total. The summed E-state index contributed by atoms with van der Waals surface area (Å²) in [6, 6.07) is 8.00. The van der Waals surface area contributed by atoms with Crippen LogP contribution >= 0.6 is 35.0 Å². The van der Waals surface area contributed by atoms with Crippen molar-refractivity contribution in [3.05, 3.63) is 62.3 Å². The fourth-order valence-electron chi connectivity index (χ4n) is 1.86. The quantitative estimate of drug-likeness (QED) is 0.398. The van der Waals surface area contributed by atoms with Crippen LogP contribution in [-0.2, 0) is 5.75 Å². The zero-order valence-electron chi connectivity index (χ0n) is 10.9. The molecule has 0 saturated heterocycles. The van der Waals surface area contributed by atoms with Crippen LogP contribution in [0.4, 0.5) is 5.69 Å². The van der Waals surface area contributed by atoms with Crippen LogP contribution in [0.1, 0.15) is 5.56 Å². The lowest BCUT2D eigenvalue weighted by Crippen LogP contribution is -1.90. The molecule has 1 aromatic carbocycles. The number of hydrogen-bond acceptors (Lipinski definition) is 5. The normalized spacial score (nSPS) is 11.0. The van der Waals surface area contributed by atoms with Gasteiger partial charge in [0.1, 0.15) is 0 Å². The van der Waals surface area contributed by atoms with Crippen molar-refractivity contribution in [2.45, 2.75) is 10.9 Å². The third-order valence-electron chi connectivity index (χ3n) is 2.91. The van der Waals surface area contributed by atoms with Gasteiger partial charge < -0.3 is 0 Å². The van der Waals surface area contributed by atoms with Crippen LogP contribution in [0.2, 0.25) is 10.0 Å². The Hall–Kier alpha value is -1.83. The number of benzene rings is 1. The molecule has 0 saturated carbocycles. The second-order valence-corrected chi connectivity index (χ2v) is 6.18. The molecule has 0 aliphatic carbocycles. The maximum absolute atomic E-state index is 10.6. The Kier molecular flexibility index (Phi) is 4.19. The zero-order chi connectivity index (χ0) is 15.7. The lowest BCUT2D eigenvalue weighted by molar-refractivity contribution is -0.384. The van der Waals surface area contributed by atoms with Crippen molar-refractivity contribution in [2.75, 3.05) is 0 Å². The van der Waals surface area contributed by atoms with E-state index in [9.17, 15) is 10.1 Å². The molecule has 2 heterocycles. The van der Waals surface area contributed by atoms with E-state index in [1.165, 1.54) is 23.9 Å². The van der Waals surface area contributed by atoms with Gasteiger partial charge in [-0.1, -0.05) is 47.1 Å². The van der Waals surface area contributed by atoms with Gasteiger partial charge in [-0.3, -0.25) is 14.5 Å². The van der Waals surface area contributed by atoms with Gasteiger partial charge in [-0.25, -0.2) is 0 Å². The molecule has 0 fully saturated rings. The fourth-order valence-corrected chi connectivity index (χ4v) is 3.24. The van der Waals surface area contributed by atoms with Crippen molar-refractivity contribution in [2.24, 2.45) is 0 Å². The Morgan fingerprint density at radius 3 is 2.64 bits per heavy atom. The molecule has 0 spiro atoms. The van der Waals surface area contributed by atoms with Crippen LogP contribution in [0.3, 0.4) is 0 Å². The maximum atomic E-state index is 10.6. The van der Waals surface area contributed by atoms with E-state index in [2.05, 4.69) is 10.2 Å². The lowest BCUT2D eigenvalue weighted by atomic mass is 10.2. The van der Waals surface area contributed by atoms with Gasteiger partial charge in [0.25, 0.3) is 5.69 Å². The highest BCUT2D eigenvalue weighted by Gasteiger charge is 2.11. The van der Waals surface area contributed by atoms with Gasteiger partial charge in [0, 0.05) is 24.1 Å². The number of halogens is 2. The summed E-state index contributed by atoms with van der Waals surface area (Å²) in [5.41, 5.74) is 1.55. The van der Waals surface area contributed by atoms with E-state index in [1.807, 2.05) is 0 Å². The highest BCUT2D eigenvalue weighted by atomic mass is 35.5. The van der Waals surface area contributed by atoms with Crippen molar-refractivity contribution < 1.29 is 4.92 Å². The van der Waals surface area contributed by atoms with Gasteiger partial charge in [0.05, 0.1) is 15.0 Å². The molecule has 0 amide bonds. The van der Waals surface area contributed by atoms with E-state index >= 15 is 0 Å². The average molecular weight is 355 g/mol. The van der Waals surface area contributed by atoms with E-state index in [0.29, 0.717) is 26.6 Å². The molecule has 0 radical (unpaired) electrons. The van der Waals surface area contributed by atoms with Gasteiger partial charge in [0.15, 0.2) is 10.8 Å².